The Kier molecular flexibility index (Phi) is 6.30. The fourth-order valence-corrected chi connectivity index (χ4v) is 7.31. The highest BCUT2D eigenvalue weighted by atomic mass is 31.2. The summed E-state index contributed by atoms with van der Waals surface area (Å²) in [5, 5.41) is 0. The van der Waals surface area contributed by atoms with Crippen molar-refractivity contribution in [3.63, 3.8) is 0 Å². The van der Waals surface area contributed by atoms with Gasteiger partial charge in [0.1, 0.15) is 0 Å². The first kappa shape index (κ1) is 25.7. The number of rotatable bonds is 4. The van der Waals surface area contributed by atoms with Crippen LogP contribution in [0.5, 0.6) is 11.5 Å². The second-order valence-electron chi connectivity index (χ2n) is 10.7. The Hall–Kier alpha value is -0.880. The van der Waals surface area contributed by atoms with Gasteiger partial charge < -0.3 is 9.05 Å². The van der Waals surface area contributed by atoms with Crippen LogP contribution in [0.3, 0.4) is 0 Å². The average molecular weight is 490 g/mol. The fraction of sp³-hybridized carbons (Fsp3) is 0.727. The zero-order chi connectivity index (χ0) is 24.4. The van der Waals surface area contributed by atoms with Crippen molar-refractivity contribution in [2.45, 2.75) is 92.6 Å². The first-order valence-electron chi connectivity index (χ1n) is 10.8. The Bertz CT molecular complexity index is 891. The molecule has 0 bridgehead atoms. The first-order chi connectivity index (χ1) is 14.3. The van der Waals surface area contributed by atoms with Crippen LogP contribution < -0.4 is 9.05 Å². The third-order valence-corrected chi connectivity index (χ3v) is 11.0. The molecule has 0 N–H and O–H groups in total. The molecule has 3 rings (SSSR count). The molecule has 2 aliphatic rings. The van der Waals surface area contributed by atoms with Gasteiger partial charge in [0.2, 0.25) is 0 Å². The smallest absolute Gasteiger partial charge is 0.400 e. The summed E-state index contributed by atoms with van der Waals surface area (Å²) >= 11 is 0. The SMILES string of the molecule is C[C@@H]1OP(=O)(Oc2ccccc2OP2(=O)O[C@@H](C)C(C)(C)C(C)(C)O2)OC(C)(C)C1(C)C. The van der Waals surface area contributed by atoms with E-state index in [-0.39, 0.29) is 11.5 Å². The predicted molar refractivity (Wildman–Crippen MR) is 122 cm³/mol. The summed E-state index contributed by atoms with van der Waals surface area (Å²) in [5.74, 6) is 0.104. The summed E-state index contributed by atoms with van der Waals surface area (Å²) in [6, 6.07) is 6.41. The van der Waals surface area contributed by atoms with Crippen molar-refractivity contribution in [2.75, 3.05) is 0 Å². The molecule has 1 aromatic carbocycles. The van der Waals surface area contributed by atoms with Crippen molar-refractivity contribution in [2.24, 2.45) is 10.8 Å². The molecule has 0 radical (unpaired) electrons. The van der Waals surface area contributed by atoms with Crippen LogP contribution >= 0.6 is 15.6 Å². The summed E-state index contributed by atoms with van der Waals surface area (Å²) in [6.07, 6.45) is -0.810. The second-order valence-corrected chi connectivity index (χ2v) is 13.6. The van der Waals surface area contributed by atoms with E-state index in [0.29, 0.717) is 0 Å². The van der Waals surface area contributed by atoms with E-state index in [9.17, 15) is 9.13 Å². The van der Waals surface area contributed by atoms with Crippen LogP contribution in [0, 0.1) is 10.8 Å². The van der Waals surface area contributed by atoms with Crippen molar-refractivity contribution < 1.29 is 36.3 Å². The van der Waals surface area contributed by atoms with Crippen LogP contribution in [-0.4, -0.2) is 23.4 Å². The maximum atomic E-state index is 13.4. The number of para-hydroxylation sites is 2. The third kappa shape index (κ3) is 4.43. The molecule has 32 heavy (non-hydrogen) atoms. The molecule has 1 aromatic rings. The van der Waals surface area contributed by atoms with Gasteiger partial charge >= 0.3 is 15.6 Å². The quantitative estimate of drug-likeness (QED) is 0.412. The van der Waals surface area contributed by atoms with E-state index in [1.54, 1.807) is 12.1 Å². The standard InChI is InChI=1S/C22H36O8P2/c1-15-19(3,4)21(7,8)29-31(23,25-15)27-17-13-11-12-14-18(17)28-32(24)26-16(2)20(5,6)22(9,10)30-32/h11-16H,1-10H3/t15-,16-,31?,32?/m0/s1. The number of benzene rings is 1. The lowest BCUT2D eigenvalue weighted by molar-refractivity contribution is -0.136. The van der Waals surface area contributed by atoms with Crippen LogP contribution in [0.15, 0.2) is 24.3 Å². The minimum atomic E-state index is -4.01. The Morgan fingerprint density at radius 2 is 1.00 bits per heavy atom. The predicted octanol–water partition coefficient (Wildman–Crippen LogP) is 7.14. The Balaban J connectivity index is 1.88. The van der Waals surface area contributed by atoms with Crippen molar-refractivity contribution >= 4 is 15.6 Å². The zero-order valence-corrected chi connectivity index (χ0v) is 22.4. The fourth-order valence-electron chi connectivity index (χ4n) is 3.39. The molecular weight excluding hydrogens is 454 g/mol. The van der Waals surface area contributed by atoms with E-state index >= 15 is 0 Å². The van der Waals surface area contributed by atoms with Crippen LogP contribution in [0.1, 0.15) is 69.2 Å². The Morgan fingerprint density at radius 1 is 0.688 bits per heavy atom. The summed E-state index contributed by atoms with van der Waals surface area (Å²) in [4.78, 5) is 0. The number of hydrogen-bond donors (Lipinski definition) is 0. The maximum absolute atomic E-state index is 13.4. The molecule has 182 valence electrons. The van der Waals surface area contributed by atoms with Crippen LogP contribution in [-0.2, 0) is 27.2 Å². The third-order valence-electron chi connectivity index (χ3n) is 7.66. The Morgan fingerprint density at radius 3 is 1.28 bits per heavy atom. The van der Waals surface area contributed by atoms with E-state index in [2.05, 4.69) is 0 Å². The first-order valence-corrected chi connectivity index (χ1v) is 13.7. The Labute approximate surface area is 191 Å². The molecule has 0 spiro atoms. The minimum Gasteiger partial charge on any atom is -0.400 e. The van der Waals surface area contributed by atoms with Crippen molar-refractivity contribution in [3.05, 3.63) is 24.3 Å². The minimum absolute atomic E-state index is 0.0521. The molecular formula is C22H36O8P2. The van der Waals surface area contributed by atoms with Gasteiger partial charge in [0.15, 0.2) is 11.5 Å². The van der Waals surface area contributed by atoms with Crippen LogP contribution in [0.4, 0.5) is 0 Å². The number of hydrogen-bond acceptors (Lipinski definition) is 8. The van der Waals surface area contributed by atoms with Gasteiger partial charge in [0.25, 0.3) is 0 Å². The molecule has 0 saturated carbocycles. The lowest BCUT2D eigenvalue weighted by Crippen LogP contribution is -2.52. The summed E-state index contributed by atoms with van der Waals surface area (Å²) in [6.45, 7) is 19.0. The van der Waals surface area contributed by atoms with Gasteiger partial charge in [0, 0.05) is 10.8 Å². The largest absolute Gasteiger partial charge is 0.531 e. The van der Waals surface area contributed by atoms with E-state index in [0.717, 1.165) is 0 Å². The molecule has 4 atom stereocenters. The van der Waals surface area contributed by atoms with Gasteiger partial charge in [-0.3, -0.25) is 18.1 Å². The summed E-state index contributed by atoms with van der Waals surface area (Å²) in [7, 11) is -8.01. The summed E-state index contributed by atoms with van der Waals surface area (Å²) < 4.78 is 61.4. The molecule has 0 aliphatic carbocycles. The summed E-state index contributed by atoms with van der Waals surface area (Å²) in [5.41, 5.74) is -2.40. The highest BCUT2D eigenvalue weighted by Gasteiger charge is 2.57. The topological polar surface area (TPSA) is 89.5 Å². The molecule has 2 saturated heterocycles. The van der Waals surface area contributed by atoms with Gasteiger partial charge in [-0.2, -0.15) is 0 Å². The highest BCUT2D eigenvalue weighted by molar-refractivity contribution is 7.49. The van der Waals surface area contributed by atoms with Crippen LogP contribution in [0.2, 0.25) is 0 Å². The average Bonchev–Trinajstić information content (AvgIpc) is 2.59. The molecule has 8 nitrogen and oxygen atoms in total. The molecule has 0 amide bonds. The van der Waals surface area contributed by atoms with E-state index in [4.69, 9.17) is 27.1 Å². The number of phosphoric ester groups is 2. The molecule has 2 aliphatic heterocycles. The van der Waals surface area contributed by atoms with Gasteiger partial charge in [-0.25, -0.2) is 9.13 Å². The van der Waals surface area contributed by atoms with Crippen molar-refractivity contribution in [1.29, 1.82) is 0 Å². The number of phosphoric acid groups is 2. The van der Waals surface area contributed by atoms with Gasteiger partial charge in [-0.15, -0.1) is 0 Å². The lowest BCUT2D eigenvalue weighted by Gasteiger charge is -2.50. The molecule has 2 heterocycles. The molecule has 2 unspecified atom stereocenters. The van der Waals surface area contributed by atoms with Crippen LogP contribution in [0.25, 0.3) is 0 Å². The molecule has 2 fully saturated rings. The van der Waals surface area contributed by atoms with Gasteiger partial charge in [0.05, 0.1) is 23.4 Å². The molecule has 0 aromatic heterocycles. The van der Waals surface area contributed by atoms with Crippen molar-refractivity contribution in [1.82, 2.24) is 0 Å². The van der Waals surface area contributed by atoms with Crippen molar-refractivity contribution in [3.8, 4) is 11.5 Å². The lowest BCUT2D eigenvalue weighted by atomic mass is 9.73. The van der Waals surface area contributed by atoms with E-state index < -0.39 is 49.9 Å². The maximum Gasteiger partial charge on any atom is 0.531 e. The molecule has 10 heteroatoms. The normalized spacial score (nSPS) is 37.4. The van der Waals surface area contributed by atoms with E-state index in [1.807, 2.05) is 69.2 Å². The zero-order valence-electron chi connectivity index (χ0n) is 20.6. The second kappa shape index (κ2) is 7.83. The highest BCUT2D eigenvalue weighted by Crippen LogP contribution is 2.66. The van der Waals surface area contributed by atoms with Gasteiger partial charge in [-0.05, 0) is 53.7 Å². The van der Waals surface area contributed by atoms with E-state index in [1.165, 1.54) is 12.1 Å². The van der Waals surface area contributed by atoms with Gasteiger partial charge in [-0.1, -0.05) is 39.8 Å². The monoisotopic (exact) mass is 490 g/mol.